The van der Waals surface area contributed by atoms with Gasteiger partial charge in [0.2, 0.25) is 5.91 Å². The van der Waals surface area contributed by atoms with E-state index in [1.54, 1.807) is 12.1 Å². The molecule has 1 heterocycles. The van der Waals surface area contributed by atoms with Crippen LogP contribution in [0.2, 0.25) is 0 Å². The van der Waals surface area contributed by atoms with Gasteiger partial charge in [-0.1, -0.05) is 36.4 Å². The van der Waals surface area contributed by atoms with E-state index in [0.29, 0.717) is 18.4 Å². The van der Waals surface area contributed by atoms with Crippen molar-refractivity contribution in [3.8, 4) is 0 Å². The minimum Gasteiger partial charge on any atom is -0.324 e. The van der Waals surface area contributed by atoms with Crippen LogP contribution in [-0.4, -0.2) is 29.3 Å². The van der Waals surface area contributed by atoms with E-state index in [1.165, 1.54) is 12.1 Å². The number of alkyl halides is 3. The monoisotopic (exact) mass is 417 g/mol. The third-order valence-electron chi connectivity index (χ3n) is 5.46. The highest BCUT2D eigenvalue weighted by molar-refractivity contribution is 6.10. The van der Waals surface area contributed by atoms with Gasteiger partial charge in [-0.15, -0.1) is 0 Å². The fourth-order valence-corrected chi connectivity index (χ4v) is 4.13. The Morgan fingerprint density at radius 2 is 1.80 bits per heavy atom. The molecule has 2 aromatic carbocycles. The lowest BCUT2D eigenvalue weighted by atomic mass is 9.76. The number of benzene rings is 2. The maximum absolute atomic E-state index is 13.2. The molecule has 1 aliphatic heterocycles. The summed E-state index contributed by atoms with van der Waals surface area (Å²) in [4.78, 5) is 38.8. The smallest absolute Gasteiger partial charge is 0.324 e. The molecule has 9 heteroatoms. The van der Waals surface area contributed by atoms with Crippen molar-refractivity contribution in [1.82, 2.24) is 10.2 Å². The van der Waals surface area contributed by atoms with Crippen LogP contribution in [0.25, 0.3) is 0 Å². The maximum Gasteiger partial charge on any atom is 0.418 e. The molecule has 0 unspecified atom stereocenters. The number of halogens is 3. The molecule has 1 fully saturated rings. The fourth-order valence-electron chi connectivity index (χ4n) is 4.13. The Labute approximate surface area is 170 Å². The average molecular weight is 417 g/mol. The second kappa shape index (κ2) is 7.16. The number of carbonyl (C=O) groups is 3. The third kappa shape index (κ3) is 3.30. The minimum absolute atomic E-state index is 0.392. The zero-order chi connectivity index (χ0) is 21.5. The Bertz CT molecular complexity index is 1040. The first-order chi connectivity index (χ1) is 14.2. The Balaban J connectivity index is 1.55. The Kier molecular flexibility index (Phi) is 4.76. The lowest BCUT2D eigenvalue weighted by molar-refractivity contribution is -0.137. The van der Waals surface area contributed by atoms with Gasteiger partial charge in [-0.25, -0.2) is 4.79 Å². The molecule has 30 heavy (non-hydrogen) atoms. The first-order valence-corrected chi connectivity index (χ1v) is 9.41. The largest absolute Gasteiger partial charge is 0.418 e. The highest BCUT2D eigenvalue weighted by Crippen LogP contribution is 2.40. The highest BCUT2D eigenvalue weighted by Gasteiger charge is 2.54. The number of anilines is 1. The summed E-state index contributed by atoms with van der Waals surface area (Å²) in [5.74, 6) is -1.46. The molecule has 156 valence electrons. The number of imide groups is 1. The fraction of sp³-hybridized carbons (Fsp3) is 0.286. The van der Waals surface area contributed by atoms with Crippen molar-refractivity contribution < 1.29 is 27.6 Å². The molecular formula is C21H18F3N3O3. The topological polar surface area (TPSA) is 78.5 Å². The first kappa shape index (κ1) is 19.9. The molecule has 0 radical (unpaired) electrons. The summed E-state index contributed by atoms with van der Waals surface area (Å²) in [5.41, 5.74) is -1.04. The standard InChI is InChI=1S/C21H18F3N3O3/c22-21(23,24)15-9-3-4-10-16(15)25-17(28)12-27-18(29)20(26-19(27)30)11-5-7-13-6-1-2-8-14(13)20/h1-4,6,8-10H,5,7,11-12H2,(H,25,28)(H,26,30)/t20-/m1/s1. The molecule has 4 rings (SSSR count). The number of nitrogens with zero attached hydrogens (tertiary/aromatic N) is 1. The number of carbonyl (C=O) groups excluding carboxylic acids is 3. The second-order valence-electron chi connectivity index (χ2n) is 7.33. The molecule has 2 aliphatic rings. The molecule has 2 N–H and O–H groups in total. The summed E-state index contributed by atoms with van der Waals surface area (Å²) in [6.45, 7) is -0.680. The molecule has 1 atom stereocenters. The van der Waals surface area contributed by atoms with Gasteiger partial charge >= 0.3 is 12.2 Å². The van der Waals surface area contributed by atoms with E-state index in [4.69, 9.17) is 0 Å². The van der Waals surface area contributed by atoms with Crippen molar-refractivity contribution in [3.63, 3.8) is 0 Å². The van der Waals surface area contributed by atoms with E-state index >= 15 is 0 Å². The van der Waals surface area contributed by atoms with Crippen LogP contribution in [0.1, 0.15) is 29.5 Å². The van der Waals surface area contributed by atoms with Gasteiger partial charge in [-0.2, -0.15) is 13.2 Å². The molecule has 4 amide bonds. The zero-order valence-corrected chi connectivity index (χ0v) is 15.8. The van der Waals surface area contributed by atoms with E-state index in [1.807, 2.05) is 12.1 Å². The van der Waals surface area contributed by atoms with Crippen LogP contribution in [0.4, 0.5) is 23.7 Å². The summed E-state index contributed by atoms with van der Waals surface area (Å²) in [7, 11) is 0. The van der Waals surface area contributed by atoms with Gasteiger partial charge < -0.3 is 10.6 Å². The predicted molar refractivity (Wildman–Crippen MR) is 101 cm³/mol. The molecule has 0 aromatic heterocycles. The number of rotatable bonds is 3. The van der Waals surface area contributed by atoms with Crippen LogP contribution in [0.3, 0.4) is 0 Å². The van der Waals surface area contributed by atoms with E-state index in [-0.39, 0.29) is 0 Å². The van der Waals surface area contributed by atoms with Gasteiger partial charge in [0, 0.05) is 0 Å². The molecule has 1 spiro atoms. The SMILES string of the molecule is O=C(CN1C(=O)N[C@@]2(CCCc3ccccc32)C1=O)Nc1ccccc1C(F)(F)F. The number of urea groups is 1. The summed E-state index contributed by atoms with van der Waals surface area (Å²) in [6, 6.07) is 11.1. The van der Waals surface area contributed by atoms with Crippen molar-refractivity contribution in [2.24, 2.45) is 0 Å². The van der Waals surface area contributed by atoms with Gasteiger partial charge in [0.15, 0.2) is 0 Å². The molecule has 0 saturated carbocycles. The van der Waals surface area contributed by atoms with Gasteiger partial charge in [-0.3, -0.25) is 14.5 Å². The van der Waals surface area contributed by atoms with Gasteiger partial charge in [0.1, 0.15) is 12.1 Å². The molecular weight excluding hydrogens is 399 g/mol. The van der Waals surface area contributed by atoms with Crippen LogP contribution in [0.5, 0.6) is 0 Å². The van der Waals surface area contributed by atoms with Gasteiger partial charge in [0.05, 0.1) is 11.3 Å². The zero-order valence-electron chi connectivity index (χ0n) is 15.8. The second-order valence-corrected chi connectivity index (χ2v) is 7.33. The summed E-state index contributed by atoms with van der Waals surface area (Å²) in [5, 5.41) is 4.87. The maximum atomic E-state index is 13.2. The normalized spacial score (nSPS) is 20.8. The van der Waals surface area contributed by atoms with Crippen molar-refractivity contribution >= 4 is 23.5 Å². The number of amides is 4. The van der Waals surface area contributed by atoms with E-state index in [2.05, 4.69) is 10.6 Å². The molecule has 1 saturated heterocycles. The lowest BCUT2D eigenvalue weighted by Crippen LogP contribution is -2.47. The summed E-state index contributed by atoms with van der Waals surface area (Å²) < 4.78 is 39.4. The van der Waals surface area contributed by atoms with E-state index in [0.717, 1.165) is 29.0 Å². The molecule has 2 aromatic rings. The average Bonchev–Trinajstić information content (AvgIpc) is 2.93. The molecule has 6 nitrogen and oxygen atoms in total. The number of fused-ring (bicyclic) bond motifs is 2. The highest BCUT2D eigenvalue weighted by atomic mass is 19.4. The Morgan fingerprint density at radius 1 is 1.10 bits per heavy atom. The Hall–Kier alpha value is -3.36. The third-order valence-corrected chi connectivity index (χ3v) is 5.46. The van der Waals surface area contributed by atoms with Crippen LogP contribution in [0.15, 0.2) is 48.5 Å². The summed E-state index contributed by atoms with van der Waals surface area (Å²) in [6.07, 6.45) is -2.80. The van der Waals surface area contributed by atoms with Crippen LogP contribution in [0, 0.1) is 0 Å². The van der Waals surface area contributed by atoms with E-state index in [9.17, 15) is 27.6 Å². The minimum atomic E-state index is -4.65. The summed E-state index contributed by atoms with van der Waals surface area (Å²) >= 11 is 0. The van der Waals surface area contributed by atoms with Crippen molar-refractivity contribution in [1.29, 1.82) is 0 Å². The van der Waals surface area contributed by atoms with Crippen molar-refractivity contribution in [3.05, 3.63) is 65.2 Å². The molecule has 1 aliphatic carbocycles. The van der Waals surface area contributed by atoms with Gasteiger partial charge in [0.25, 0.3) is 5.91 Å². The number of para-hydroxylation sites is 1. The van der Waals surface area contributed by atoms with Crippen LogP contribution < -0.4 is 10.6 Å². The predicted octanol–water partition coefficient (Wildman–Crippen LogP) is 3.43. The number of aryl methyl sites for hydroxylation is 1. The first-order valence-electron chi connectivity index (χ1n) is 9.41. The van der Waals surface area contributed by atoms with Crippen molar-refractivity contribution in [2.45, 2.75) is 31.0 Å². The van der Waals surface area contributed by atoms with E-state index < -0.39 is 47.4 Å². The van der Waals surface area contributed by atoms with Crippen molar-refractivity contribution in [2.75, 3.05) is 11.9 Å². The molecule has 0 bridgehead atoms. The van der Waals surface area contributed by atoms with Crippen LogP contribution >= 0.6 is 0 Å². The quantitative estimate of drug-likeness (QED) is 0.752. The van der Waals surface area contributed by atoms with Gasteiger partial charge in [-0.05, 0) is 42.5 Å². The number of nitrogens with one attached hydrogen (secondary N) is 2. The Morgan fingerprint density at radius 3 is 2.57 bits per heavy atom. The lowest BCUT2D eigenvalue weighted by Gasteiger charge is -2.33. The number of hydrogen-bond donors (Lipinski definition) is 2. The van der Waals surface area contributed by atoms with Crippen LogP contribution in [-0.2, 0) is 27.7 Å². The number of hydrogen-bond acceptors (Lipinski definition) is 3.